The molecule has 1 N–H and O–H groups in total. The molecule has 1 atom stereocenters. The SMILES string of the molecule is Cc1ccnc(SCC(=O)NC[C@@H]2CCCN(S(C)(=O)=O)C2)n1. The van der Waals surface area contributed by atoms with Crippen LogP contribution in [-0.4, -0.2) is 60.2 Å². The minimum absolute atomic E-state index is 0.0865. The molecule has 2 heterocycles. The van der Waals surface area contributed by atoms with Crippen LogP contribution in [0.15, 0.2) is 17.4 Å². The maximum absolute atomic E-state index is 11.9. The lowest BCUT2D eigenvalue weighted by molar-refractivity contribution is -0.118. The Labute approximate surface area is 141 Å². The fraction of sp³-hybridized carbons (Fsp3) is 0.643. The van der Waals surface area contributed by atoms with Crippen molar-refractivity contribution in [1.82, 2.24) is 19.6 Å². The van der Waals surface area contributed by atoms with Crippen molar-refractivity contribution in [1.29, 1.82) is 0 Å². The normalized spacial score (nSPS) is 19.5. The van der Waals surface area contributed by atoms with E-state index < -0.39 is 10.0 Å². The molecule has 0 unspecified atom stereocenters. The predicted molar refractivity (Wildman–Crippen MR) is 89.6 cm³/mol. The smallest absolute Gasteiger partial charge is 0.230 e. The van der Waals surface area contributed by atoms with Gasteiger partial charge in [0.05, 0.1) is 12.0 Å². The molecule has 7 nitrogen and oxygen atoms in total. The maximum Gasteiger partial charge on any atom is 0.230 e. The maximum atomic E-state index is 11.9. The van der Waals surface area contributed by atoms with Gasteiger partial charge in [-0.05, 0) is 31.7 Å². The van der Waals surface area contributed by atoms with Crippen LogP contribution in [-0.2, 0) is 14.8 Å². The molecular formula is C14H22N4O3S2. The monoisotopic (exact) mass is 358 g/mol. The van der Waals surface area contributed by atoms with E-state index in [1.807, 2.05) is 6.92 Å². The molecule has 0 aromatic carbocycles. The molecule has 0 bridgehead atoms. The van der Waals surface area contributed by atoms with Crippen LogP contribution in [0.2, 0.25) is 0 Å². The molecular weight excluding hydrogens is 336 g/mol. The summed E-state index contributed by atoms with van der Waals surface area (Å²) in [5.41, 5.74) is 0.867. The van der Waals surface area contributed by atoms with Crippen molar-refractivity contribution in [3.05, 3.63) is 18.0 Å². The molecule has 1 amide bonds. The first-order chi connectivity index (χ1) is 10.8. The highest BCUT2D eigenvalue weighted by Gasteiger charge is 2.25. The molecule has 0 saturated carbocycles. The summed E-state index contributed by atoms with van der Waals surface area (Å²) in [5.74, 6) is 0.339. The van der Waals surface area contributed by atoms with Gasteiger partial charge < -0.3 is 5.32 Å². The molecule has 128 valence electrons. The van der Waals surface area contributed by atoms with Crippen LogP contribution in [0.25, 0.3) is 0 Å². The Morgan fingerprint density at radius 2 is 2.30 bits per heavy atom. The Kier molecular flexibility index (Phi) is 6.37. The van der Waals surface area contributed by atoms with E-state index in [4.69, 9.17) is 0 Å². The number of nitrogens with one attached hydrogen (secondary N) is 1. The molecule has 0 radical (unpaired) electrons. The molecule has 9 heteroatoms. The van der Waals surface area contributed by atoms with Gasteiger partial charge in [0.25, 0.3) is 0 Å². The van der Waals surface area contributed by atoms with Gasteiger partial charge in [-0.15, -0.1) is 0 Å². The third kappa shape index (κ3) is 6.08. The summed E-state index contributed by atoms with van der Waals surface area (Å²) < 4.78 is 24.6. The van der Waals surface area contributed by atoms with Crippen molar-refractivity contribution in [3.8, 4) is 0 Å². The van der Waals surface area contributed by atoms with Crippen LogP contribution in [0.5, 0.6) is 0 Å². The highest BCUT2D eigenvalue weighted by Crippen LogP contribution is 2.18. The zero-order valence-electron chi connectivity index (χ0n) is 13.4. The number of piperidine rings is 1. The third-order valence-electron chi connectivity index (χ3n) is 3.64. The number of aryl methyl sites for hydroxylation is 1. The number of thioether (sulfide) groups is 1. The lowest BCUT2D eigenvalue weighted by Crippen LogP contribution is -2.43. The summed E-state index contributed by atoms with van der Waals surface area (Å²) in [6.07, 6.45) is 4.66. The van der Waals surface area contributed by atoms with Gasteiger partial charge in [-0.3, -0.25) is 4.79 Å². The van der Waals surface area contributed by atoms with Gasteiger partial charge in [-0.2, -0.15) is 0 Å². The summed E-state index contributed by atoms with van der Waals surface area (Å²) in [7, 11) is -3.15. The number of rotatable bonds is 6. The average Bonchev–Trinajstić information content (AvgIpc) is 2.50. The fourth-order valence-corrected chi connectivity index (χ4v) is 4.08. The Bertz CT molecular complexity index is 651. The number of carbonyl (C=O) groups excluding carboxylic acids is 1. The summed E-state index contributed by atoms with van der Waals surface area (Å²) in [6.45, 7) is 3.43. The van der Waals surface area contributed by atoms with Crippen molar-refractivity contribution in [2.24, 2.45) is 5.92 Å². The largest absolute Gasteiger partial charge is 0.355 e. The second kappa shape index (κ2) is 8.07. The highest BCUT2D eigenvalue weighted by molar-refractivity contribution is 7.99. The van der Waals surface area contributed by atoms with Crippen molar-refractivity contribution >= 4 is 27.7 Å². The van der Waals surface area contributed by atoms with Crippen LogP contribution in [0.4, 0.5) is 0 Å². The number of aromatic nitrogens is 2. The van der Waals surface area contributed by atoms with Crippen molar-refractivity contribution in [3.63, 3.8) is 0 Å². The lowest BCUT2D eigenvalue weighted by atomic mass is 10.00. The molecule has 1 fully saturated rings. The quantitative estimate of drug-likeness (QED) is 0.593. The topological polar surface area (TPSA) is 92.3 Å². The first-order valence-electron chi connectivity index (χ1n) is 7.49. The van der Waals surface area contributed by atoms with Gasteiger partial charge in [0.1, 0.15) is 0 Å². The van der Waals surface area contributed by atoms with E-state index in [2.05, 4.69) is 15.3 Å². The molecule has 1 aliphatic heterocycles. The third-order valence-corrected chi connectivity index (χ3v) is 5.77. The molecule has 0 aliphatic carbocycles. The Morgan fingerprint density at radius 1 is 1.52 bits per heavy atom. The number of amides is 1. The van der Waals surface area contributed by atoms with Crippen LogP contribution in [0.3, 0.4) is 0 Å². The highest BCUT2D eigenvalue weighted by atomic mass is 32.2. The van der Waals surface area contributed by atoms with Crippen LogP contribution in [0, 0.1) is 12.8 Å². The molecule has 1 saturated heterocycles. The van der Waals surface area contributed by atoms with Gasteiger partial charge in [0, 0.05) is 31.5 Å². The zero-order chi connectivity index (χ0) is 16.9. The number of hydrogen-bond donors (Lipinski definition) is 1. The molecule has 1 aliphatic rings. The molecule has 23 heavy (non-hydrogen) atoms. The van der Waals surface area contributed by atoms with Gasteiger partial charge >= 0.3 is 0 Å². The standard InChI is InChI=1S/C14H22N4O3S2/c1-11-5-6-15-14(17-11)22-10-13(19)16-8-12-4-3-7-18(9-12)23(2,20)21/h5-6,12H,3-4,7-10H2,1-2H3,(H,16,19)/t12-/m0/s1. The van der Waals surface area contributed by atoms with Gasteiger partial charge in [0.15, 0.2) is 5.16 Å². The number of hydrogen-bond acceptors (Lipinski definition) is 6. The van der Waals surface area contributed by atoms with Crippen LogP contribution < -0.4 is 5.32 Å². The van der Waals surface area contributed by atoms with E-state index in [-0.39, 0.29) is 17.6 Å². The molecule has 2 rings (SSSR count). The zero-order valence-corrected chi connectivity index (χ0v) is 15.0. The molecule has 1 aromatic heterocycles. The summed E-state index contributed by atoms with van der Waals surface area (Å²) in [5, 5.41) is 3.46. The Balaban J connectivity index is 1.74. The van der Waals surface area contributed by atoms with Crippen molar-refractivity contribution in [2.75, 3.05) is 31.6 Å². The van der Waals surface area contributed by atoms with Gasteiger partial charge in [-0.25, -0.2) is 22.7 Å². The van der Waals surface area contributed by atoms with E-state index in [1.165, 1.54) is 22.3 Å². The first kappa shape index (κ1) is 18.2. The molecule has 1 aromatic rings. The van der Waals surface area contributed by atoms with Crippen LogP contribution in [0.1, 0.15) is 18.5 Å². The second-order valence-electron chi connectivity index (χ2n) is 5.70. The van der Waals surface area contributed by atoms with Gasteiger partial charge in [-0.1, -0.05) is 11.8 Å². The van der Waals surface area contributed by atoms with E-state index in [1.54, 1.807) is 12.3 Å². The van der Waals surface area contributed by atoms with Crippen molar-refractivity contribution < 1.29 is 13.2 Å². The van der Waals surface area contributed by atoms with E-state index in [9.17, 15) is 13.2 Å². The minimum Gasteiger partial charge on any atom is -0.355 e. The predicted octanol–water partition coefficient (Wildman–Crippen LogP) is 0.665. The van der Waals surface area contributed by atoms with E-state index >= 15 is 0 Å². The Morgan fingerprint density at radius 3 is 3.00 bits per heavy atom. The minimum atomic E-state index is -3.15. The summed E-state index contributed by atoms with van der Waals surface area (Å²) in [4.78, 5) is 20.2. The van der Waals surface area contributed by atoms with Gasteiger partial charge in [0.2, 0.25) is 15.9 Å². The van der Waals surface area contributed by atoms with Crippen molar-refractivity contribution in [2.45, 2.75) is 24.9 Å². The Hall–Kier alpha value is -1.19. The summed E-state index contributed by atoms with van der Waals surface area (Å²) >= 11 is 1.29. The fourth-order valence-electron chi connectivity index (χ4n) is 2.43. The van der Waals surface area contributed by atoms with E-state index in [0.717, 1.165) is 18.5 Å². The van der Waals surface area contributed by atoms with Crippen LogP contribution >= 0.6 is 11.8 Å². The summed E-state index contributed by atoms with van der Waals surface area (Å²) in [6, 6.07) is 1.81. The molecule has 0 spiro atoms. The first-order valence-corrected chi connectivity index (χ1v) is 10.3. The van der Waals surface area contributed by atoms with E-state index in [0.29, 0.717) is 24.8 Å². The number of sulfonamides is 1. The average molecular weight is 358 g/mol. The lowest BCUT2D eigenvalue weighted by Gasteiger charge is -2.30. The number of carbonyl (C=O) groups is 1. The second-order valence-corrected chi connectivity index (χ2v) is 8.63. The number of nitrogens with zero attached hydrogens (tertiary/aromatic N) is 3.